The van der Waals surface area contributed by atoms with Crippen molar-refractivity contribution in [2.75, 3.05) is 0 Å². The highest BCUT2D eigenvalue weighted by Crippen LogP contribution is 2.34. The highest BCUT2D eigenvalue weighted by atomic mass is 79.9. The van der Waals surface area contributed by atoms with E-state index in [-0.39, 0.29) is 4.83 Å². The van der Waals surface area contributed by atoms with Crippen LogP contribution in [-0.2, 0) is 0 Å². The Labute approximate surface area is 122 Å². The normalized spacial score (nSPS) is 12.5. The fourth-order valence-electron chi connectivity index (χ4n) is 1.53. The monoisotopic (exact) mass is 350 g/mol. The minimum absolute atomic E-state index is 0.276. The summed E-state index contributed by atoms with van der Waals surface area (Å²) in [6.45, 7) is 0. The number of hydrogen-bond donors (Lipinski definition) is 0. The topological polar surface area (TPSA) is 0 Å². The molecule has 1 unspecified atom stereocenters. The van der Waals surface area contributed by atoms with Gasteiger partial charge in [0.05, 0.1) is 14.9 Å². The molecule has 2 aromatic carbocycles. The first-order valence-electron chi connectivity index (χ1n) is 5.03. The van der Waals surface area contributed by atoms with Gasteiger partial charge >= 0.3 is 0 Å². The summed E-state index contributed by atoms with van der Waals surface area (Å²) < 4.78 is 26.0. The molecule has 5 heteroatoms. The van der Waals surface area contributed by atoms with Gasteiger partial charge in [0.25, 0.3) is 0 Å². The average Bonchev–Trinajstić information content (AvgIpc) is 2.35. The molecule has 0 nitrogen and oxygen atoms in total. The third-order valence-electron chi connectivity index (χ3n) is 2.47. The second-order valence-corrected chi connectivity index (χ2v) is 5.44. The maximum absolute atomic E-state index is 13.2. The van der Waals surface area contributed by atoms with Crippen molar-refractivity contribution in [1.82, 2.24) is 0 Å². The van der Waals surface area contributed by atoms with E-state index in [1.54, 1.807) is 18.2 Å². The van der Waals surface area contributed by atoms with Crippen LogP contribution >= 0.6 is 39.1 Å². The Hall–Kier alpha value is -0.640. The molecule has 18 heavy (non-hydrogen) atoms. The zero-order valence-corrected chi connectivity index (χ0v) is 12.0. The van der Waals surface area contributed by atoms with E-state index >= 15 is 0 Å². The number of benzene rings is 2. The van der Waals surface area contributed by atoms with Crippen molar-refractivity contribution < 1.29 is 8.78 Å². The molecule has 0 heterocycles. The predicted molar refractivity (Wildman–Crippen MR) is 73.6 cm³/mol. The Morgan fingerprint density at radius 3 is 2.06 bits per heavy atom. The van der Waals surface area contributed by atoms with Gasteiger partial charge in [-0.05, 0) is 35.4 Å². The van der Waals surface area contributed by atoms with Crippen LogP contribution in [0, 0.1) is 11.6 Å². The standard InChI is InChI=1S/C13H7BrCl2F2/c14-13(7-1-3-9(15)10(16)5-7)8-2-4-11(17)12(18)6-8/h1-6,13H. The zero-order chi connectivity index (χ0) is 13.3. The second-order valence-electron chi connectivity index (χ2n) is 3.71. The lowest BCUT2D eigenvalue weighted by Crippen LogP contribution is -1.95. The van der Waals surface area contributed by atoms with E-state index in [1.807, 2.05) is 0 Å². The van der Waals surface area contributed by atoms with Gasteiger partial charge in [0.2, 0.25) is 0 Å². The summed E-state index contributed by atoms with van der Waals surface area (Å²) in [5, 5.41) is 0.867. The molecule has 2 aromatic rings. The fourth-order valence-corrected chi connectivity index (χ4v) is 2.41. The van der Waals surface area contributed by atoms with Crippen LogP contribution in [0.2, 0.25) is 10.0 Å². The molecule has 0 amide bonds. The smallest absolute Gasteiger partial charge is 0.159 e. The van der Waals surface area contributed by atoms with Crippen LogP contribution in [0.4, 0.5) is 8.78 Å². The summed E-state index contributed by atoms with van der Waals surface area (Å²) in [7, 11) is 0. The summed E-state index contributed by atoms with van der Waals surface area (Å²) in [5.74, 6) is -1.75. The predicted octanol–water partition coefficient (Wildman–Crippen LogP) is 5.76. The van der Waals surface area contributed by atoms with Crippen LogP contribution in [0.15, 0.2) is 36.4 Å². The van der Waals surface area contributed by atoms with Gasteiger partial charge in [-0.3, -0.25) is 0 Å². The summed E-state index contributed by atoms with van der Waals surface area (Å²) >= 11 is 15.2. The molecule has 0 bridgehead atoms. The van der Waals surface area contributed by atoms with E-state index in [1.165, 1.54) is 6.07 Å². The summed E-state index contributed by atoms with van der Waals surface area (Å²) in [5.41, 5.74) is 1.42. The number of hydrogen-bond acceptors (Lipinski definition) is 0. The van der Waals surface area contributed by atoms with E-state index in [4.69, 9.17) is 23.2 Å². The van der Waals surface area contributed by atoms with Gasteiger partial charge in [-0.25, -0.2) is 8.78 Å². The van der Waals surface area contributed by atoms with E-state index in [0.717, 1.165) is 17.7 Å². The number of rotatable bonds is 2. The van der Waals surface area contributed by atoms with Crippen molar-refractivity contribution in [1.29, 1.82) is 0 Å². The summed E-state index contributed by atoms with van der Waals surface area (Å²) in [6, 6.07) is 8.88. The van der Waals surface area contributed by atoms with Gasteiger partial charge in [0.15, 0.2) is 11.6 Å². The Morgan fingerprint density at radius 1 is 0.833 bits per heavy atom. The van der Waals surface area contributed by atoms with Crippen LogP contribution in [0.5, 0.6) is 0 Å². The molecule has 1 atom stereocenters. The zero-order valence-electron chi connectivity index (χ0n) is 8.93. The van der Waals surface area contributed by atoms with Crippen LogP contribution < -0.4 is 0 Å². The molecule has 0 aliphatic carbocycles. The molecule has 0 aliphatic rings. The van der Waals surface area contributed by atoms with E-state index in [9.17, 15) is 8.78 Å². The molecular weight excluding hydrogens is 345 g/mol. The number of halogens is 5. The van der Waals surface area contributed by atoms with Crippen LogP contribution in [-0.4, -0.2) is 0 Å². The number of alkyl halides is 1. The minimum atomic E-state index is -0.878. The van der Waals surface area contributed by atoms with Crippen molar-refractivity contribution in [3.05, 3.63) is 69.2 Å². The van der Waals surface area contributed by atoms with Gasteiger partial charge in [0, 0.05) is 0 Å². The molecule has 0 saturated heterocycles. The Morgan fingerprint density at radius 2 is 1.44 bits per heavy atom. The third kappa shape index (κ3) is 2.85. The quantitative estimate of drug-likeness (QED) is 0.604. The van der Waals surface area contributed by atoms with E-state index in [2.05, 4.69) is 15.9 Å². The molecule has 0 spiro atoms. The molecule has 2 rings (SSSR count). The Bertz CT molecular complexity index is 536. The fraction of sp³-hybridized carbons (Fsp3) is 0.0769. The molecular formula is C13H7BrCl2F2. The van der Waals surface area contributed by atoms with Crippen LogP contribution in [0.3, 0.4) is 0 Å². The van der Waals surface area contributed by atoms with Crippen LogP contribution in [0.1, 0.15) is 16.0 Å². The van der Waals surface area contributed by atoms with Crippen molar-refractivity contribution in [3.8, 4) is 0 Å². The molecule has 0 aromatic heterocycles. The molecule has 0 aliphatic heterocycles. The highest BCUT2D eigenvalue weighted by molar-refractivity contribution is 9.09. The van der Waals surface area contributed by atoms with Gasteiger partial charge in [-0.1, -0.05) is 51.3 Å². The molecule has 0 radical (unpaired) electrons. The van der Waals surface area contributed by atoms with E-state index in [0.29, 0.717) is 15.6 Å². The summed E-state index contributed by atoms with van der Waals surface area (Å²) in [4.78, 5) is -0.276. The summed E-state index contributed by atoms with van der Waals surface area (Å²) in [6.07, 6.45) is 0. The van der Waals surface area contributed by atoms with Crippen molar-refractivity contribution in [3.63, 3.8) is 0 Å². The first-order valence-corrected chi connectivity index (χ1v) is 6.70. The minimum Gasteiger partial charge on any atom is -0.204 e. The second kappa shape index (κ2) is 5.55. The third-order valence-corrected chi connectivity index (χ3v) is 4.27. The molecule has 0 saturated carbocycles. The molecule has 0 fully saturated rings. The van der Waals surface area contributed by atoms with E-state index < -0.39 is 11.6 Å². The molecule has 0 N–H and O–H groups in total. The lowest BCUT2D eigenvalue weighted by atomic mass is 10.0. The van der Waals surface area contributed by atoms with Crippen molar-refractivity contribution in [2.45, 2.75) is 4.83 Å². The first kappa shape index (κ1) is 13.8. The van der Waals surface area contributed by atoms with Crippen LogP contribution in [0.25, 0.3) is 0 Å². The maximum Gasteiger partial charge on any atom is 0.159 e. The first-order chi connectivity index (χ1) is 8.49. The Balaban J connectivity index is 2.37. The van der Waals surface area contributed by atoms with Gasteiger partial charge in [-0.15, -0.1) is 0 Å². The largest absolute Gasteiger partial charge is 0.204 e. The van der Waals surface area contributed by atoms with Gasteiger partial charge in [-0.2, -0.15) is 0 Å². The SMILES string of the molecule is Fc1ccc(C(Br)c2ccc(Cl)c(Cl)c2)cc1F. The molecule has 94 valence electrons. The lowest BCUT2D eigenvalue weighted by molar-refractivity contribution is 0.507. The van der Waals surface area contributed by atoms with Crippen molar-refractivity contribution in [2.24, 2.45) is 0 Å². The van der Waals surface area contributed by atoms with Gasteiger partial charge in [0.1, 0.15) is 0 Å². The van der Waals surface area contributed by atoms with Crippen molar-refractivity contribution >= 4 is 39.1 Å². The highest BCUT2D eigenvalue weighted by Gasteiger charge is 2.14. The Kier molecular flexibility index (Phi) is 4.25. The lowest BCUT2D eigenvalue weighted by Gasteiger charge is -2.12. The average molecular weight is 352 g/mol. The van der Waals surface area contributed by atoms with Gasteiger partial charge < -0.3 is 0 Å². The maximum atomic E-state index is 13.2.